The highest BCUT2D eigenvalue weighted by atomic mass is 35.5. The highest BCUT2D eigenvalue weighted by Crippen LogP contribution is 2.37. The van der Waals surface area contributed by atoms with Crippen LogP contribution in [0, 0.1) is 5.92 Å². The van der Waals surface area contributed by atoms with Crippen molar-refractivity contribution in [1.29, 1.82) is 0 Å². The normalized spacial score (nSPS) is 17.0. The third-order valence-corrected chi connectivity index (χ3v) is 7.39. The first kappa shape index (κ1) is 29.0. The van der Waals surface area contributed by atoms with Crippen molar-refractivity contribution in [1.82, 2.24) is 15.2 Å². The Kier molecular flexibility index (Phi) is 9.25. The van der Waals surface area contributed by atoms with Gasteiger partial charge in [0.15, 0.2) is 5.92 Å². The van der Waals surface area contributed by atoms with Crippen molar-refractivity contribution in [3.8, 4) is 5.75 Å². The Morgan fingerprint density at radius 3 is 2.49 bits per heavy atom. The van der Waals surface area contributed by atoms with Gasteiger partial charge in [0.25, 0.3) is 5.91 Å². The summed E-state index contributed by atoms with van der Waals surface area (Å²) in [6, 6.07) is 9.23. The quantitative estimate of drug-likeness (QED) is 0.306. The van der Waals surface area contributed by atoms with Gasteiger partial charge in [0, 0.05) is 33.7 Å². The fourth-order valence-electron chi connectivity index (χ4n) is 4.79. The molecule has 2 heterocycles. The second kappa shape index (κ2) is 12.4. The topological polar surface area (TPSA) is 74.8 Å². The van der Waals surface area contributed by atoms with Crippen molar-refractivity contribution in [2.45, 2.75) is 56.7 Å². The average Bonchev–Trinajstić information content (AvgIpc) is 3.70. The van der Waals surface area contributed by atoms with Crippen LogP contribution in [-0.4, -0.2) is 67.7 Å². The molecule has 2 amide bonds. The monoisotopic (exact) mass is 566 g/mol. The largest absolute Gasteiger partial charge is 0.490 e. The summed E-state index contributed by atoms with van der Waals surface area (Å²) >= 11 is 6.25. The molecule has 39 heavy (non-hydrogen) atoms. The summed E-state index contributed by atoms with van der Waals surface area (Å²) in [6.07, 6.45) is 0.323. The Morgan fingerprint density at radius 1 is 1.15 bits per heavy atom. The van der Waals surface area contributed by atoms with E-state index in [2.05, 4.69) is 15.2 Å². The summed E-state index contributed by atoms with van der Waals surface area (Å²) in [5, 5.41) is 2.67. The summed E-state index contributed by atoms with van der Waals surface area (Å²) in [5.74, 6) is -2.01. The fraction of sp³-hybridized carbons (Fsp3) is 0.536. The van der Waals surface area contributed by atoms with Crippen LogP contribution in [0.25, 0.3) is 0 Å². The molecule has 2 aromatic rings. The van der Waals surface area contributed by atoms with Crippen LogP contribution >= 0.6 is 11.6 Å². The van der Waals surface area contributed by atoms with Crippen LogP contribution in [0.2, 0.25) is 5.15 Å². The minimum Gasteiger partial charge on any atom is -0.490 e. The molecule has 1 N–H and O–H groups in total. The van der Waals surface area contributed by atoms with Crippen molar-refractivity contribution >= 4 is 29.2 Å². The second-order valence-electron chi connectivity index (χ2n) is 10.4. The van der Waals surface area contributed by atoms with Crippen molar-refractivity contribution in [3.63, 3.8) is 0 Å². The first-order valence-electron chi connectivity index (χ1n) is 13.3. The molecule has 1 aromatic heterocycles. The van der Waals surface area contributed by atoms with Gasteiger partial charge < -0.3 is 19.9 Å². The number of aromatic nitrogens is 1. The zero-order chi connectivity index (χ0) is 28.2. The zero-order valence-electron chi connectivity index (χ0n) is 22.1. The number of anilines is 1. The number of ether oxygens (including phenoxy) is 1. The molecule has 0 spiro atoms. The van der Waals surface area contributed by atoms with E-state index in [4.69, 9.17) is 16.3 Å². The predicted octanol–water partition coefficient (Wildman–Crippen LogP) is 5.44. The highest BCUT2D eigenvalue weighted by Gasteiger charge is 2.46. The van der Waals surface area contributed by atoms with E-state index >= 15 is 0 Å². The number of carbonyl (C=O) groups is 2. The van der Waals surface area contributed by atoms with Gasteiger partial charge in [-0.2, -0.15) is 13.2 Å². The number of carbonyl (C=O) groups excluding carboxylic acids is 2. The molecule has 4 rings (SSSR count). The van der Waals surface area contributed by atoms with Gasteiger partial charge in [-0.25, -0.2) is 4.98 Å². The summed E-state index contributed by atoms with van der Waals surface area (Å²) in [4.78, 5) is 32.7. The Hall–Kier alpha value is -3.01. The van der Waals surface area contributed by atoms with Gasteiger partial charge in [0.2, 0.25) is 5.91 Å². The lowest BCUT2D eigenvalue weighted by Crippen LogP contribution is -2.38. The number of pyridine rings is 1. The number of benzene rings is 1. The van der Waals surface area contributed by atoms with Crippen LogP contribution in [0.15, 0.2) is 36.4 Å². The number of piperidine rings is 1. The first-order chi connectivity index (χ1) is 18.5. The molecule has 1 atom stereocenters. The molecule has 0 radical (unpaired) electrons. The van der Waals surface area contributed by atoms with E-state index in [-0.39, 0.29) is 29.3 Å². The lowest BCUT2D eigenvalue weighted by Gasteiger charge is -2.33. The van der Waals surface area contributed by atoms with Gasteiger partial charge in [0.1, 0.15) is 16.7 Å². The number of halogens is 4. The number of nitrogens with one attached hydrogen (secondary N) is 1. The molecule has 11 heteroatoms. The number of amides is 2. The molecular formula is C28H34ClF3N4O3. The van der Waals surface area contributed by atoms with Crippen LogP contribution in [-0.2, 0) is 4.79 Å². The van der Waals surface area contributed by atoms with Crippen LogP contribution in [0.5, 0.6) is 5.75 Å². The number of alkyl halides is 3. The van der Waals surface area contributed by atoms with Gasteiger partial charge in [-0.05, 0) is 74.3 Å². The molecule has 7 nitrogen and oxygen atoms in total. The average molecular weight is 567 g/mol. The molecule has 1 aromatic carbocycles. The number of rotatable bonds is 10. The Morgan fingerprint density at radius 2 is 1.87 bits per heavy atom. The van der Waals surface area contributed by atoms with E-state index < -0.39 is 18.0 Å². The second-order valence-corrected chi connectivity index (χ2v) is 10.8. The summed E-state index contributed by atoms with van der Waals surface area (Å²) in [7, 11) is 3.31. The predicted molar refractivity (Wildman–Crippen MR) is 143 cm³/mol. The van der Waals surface area contributed by atoms with E-state index in [9.17, 15) is 22.8 Å². The summed E-state index contributed by atoms with van der Waals surface area (Å²) in [6.45, 7) is 1.70. The standard InChI is InChI=1S/C28H34ClF3N4O3/c1-35(2)27(38)22-10-11-23(34-25(22)29)36-15-12-18(13-16-36)5-4-14-33-26(37)24(28(30,31)32)19-6-3-7-21(17-19)39-20-8-9-20/h3,6-7,10-11,17-18,20,24H,4-5,8-9,12-16H2,1-2H3,(H,33,37). The summed E-state index contributed by atoms with van der Waals surface area (Å²) in [5.41, 5.74) is 0.243. The van der Waals surface area contributed by atoms with Gasteiger partial charge in [0.05, 0.1) is 11.7 Å². The SMILES string of the molecule is CN(C)C(=O)c1ccc(N2CCC(CCCNC(=O)C(c3cccc(OC4CC4)c3)C(F)(F)F)CC2)nc1Cl. The molecule has 1 saturated heterocycles. The minimum absolute atomic E-state index is 0.0543. The van der Waals surface area contributed by atoms with E-state index in [0.29, 0.717) is 29.5 Å². The summed E-state index contributed by atoms with van der Waals surface area (Å²) < 4.78 is 47.1. The van der Waals surface area contributed by atoms with Crippen LogP contribution in [0.4, 0.5) is 19.0 Å². The molecule has 1 aliphatic heterocycles. The molecule has 1 aliphatic carbocycles. The Balaban J connectivity index is 1.23. The van der Waals surface area contributed by atoms with Gasteiger partial charge in [-0.3, -0.25) is 9.59 Å². The molecule has 212 valence electrons. The fourth-order valence-corrected chi connectivity index (χ4v) is 5.02. The van der Waals surface area contributed by atoms with Crippen molar-refractivity contribution in [3.05, 3.63) is 52.7 Å². The smallest absolute Gasteiger partial charge is 0.404 e. The first-order valence-corrected chi connectivity index (χ1v) is 13.6. The van der Waals surface area contributed by atoms with Gasteiger partial charge >= 0.3 is 6.18 Å². The van der Waals surface area contributed by atoms with Crippen molar-refractivity contribution in [2.24, 2.45) is 5.92 Å². The Labute approximate surface area is 231 Å². The van der Waals surface area contributed by atoms with E-state index in [1.165, 1.54) is 23.1 Å². The lowest BCUT2D eigenvalue weighted by atomic mass is 9.92. The van der Waals surface area contributed by atoms with Gasteiger partial charge in [-0.15, -0.1) is 0 Å². The highest BCUT2D eigenvalue weighted by molar-refractivity contribution is 6.32. The molecular weight excluding hydrogens is 533 g/mol. The maximum absolute atomic E-state index is 13.8. The lowest BCUT2D eigenvalue weighted by molar-refractivity contribution is -0.165. The van der Waals surface area contributed by atoms with Crippen LogP contribution < -0.4 is 15.0 Å². The van der Waals surface area contributed by atoms with Crippen LogP contribution in [0.3, 0.4) is 0 Å². The van der Waals surface area contributed by atoms with Crippen molar-refractivity contribution < 1.29 is 27.5 Å². The van der Waals surface area contributed by atoms with E-state index in [1.54, 1.807) is 32.3 Å². The molecule has 2 fully saturated rings. The number of hydrogen-bond acceptors (Lipinski definition) is 5. The molecule has 2 aliphatic rings. The van der Waals surface area contributed by atoms with E-state index in [1.807, 2.05) is 0 Å². The maximum Gasteiger partial charge on any atom is 0.404 e. The van der Waals surface area contributed by atoms with E-state index in [0.717, 1.165) is 45.2 Å². The molecule has 1 saturated carbocycles. The third-order valence-electron chi connectivity index (χ3n) is 7.11. The minimum atomic E-state index is -4.70. The Bertz CT molecular complexity index is 1160. The number of hydrogen-bond donors (Lipinski definition) is 1. The third kappa shape index (κ3) is 7.77. The van der Waals surface area contributed by atoms with Crippen LogP contribution in [0.1, 0.15) is 60.4 Å². The zero-order valence-corrected chi connectivity index (χ0v) is 22.9. The molecule has 0 bridgehead atoms. The number of nitrogens with zero attached hydrogens (tertiary/aromatic N) is 3. The maximum atomic E-state index is 13.8. The molecule has 1 unspecified atom stereocenters. The van der Waals surface area contributed by atoms with Crippen molar-refractivity contribution in [2.75, 3.05) is 38.6 Å². The van der Waals surface area contributed by atoms with Gasteiger partial charge in [-0.1, -0.05) is 23.7 Å².